The van der Waals surface area contributed by atoms with Crippen molar-refractivity contribution in [3.8, 4) is 0 Å². The van der Waals surface area contributed by atoms with Gasteiger partial charge in [-0.3, -0.25) is 22.3 Å². The molecule has 0 aromatic carbocycles. The molecule has 1 N–H and O–H groups in total. The molecule has 0 saturated carbocycles. The van der Waals surface area contributed by atoms with Crippen LogP contribution in [0.15, 0.2) is 0 Å². The minimum absolute atomic E-state index is 1.54. The topological polar surface area (TPSA) is 82.1 Å². The second-order valence-corrected chi connectivity index (χ2v) is 5.52. The van der Waals surface area contributed by atoms with Crippen LogP contribution in [0.5, 0.6) is 0 Å². The van der Waals surface area contributed by atoms with Crippen molar-refractivity contribution in [2.24, 2.45) is 0 Å². The van der Waals surface area contributed by atoms with Crippen LogP contribution in [0.2, 0.25) is 0 Å². The molecule has 0 aromatic rings. The van der Waals surface area contributed by atoms with Gasteiger partial charge in [0, 0.05) is 0 Å². The lowest BCUT2D eigenvalue weighted by Gasteiger charge is -2.19. The average molecular weight is 340 g/mol. The summed E-state index contributed by atoms with van der Waals surface area (Å²) in [6.07, 6.45) is -11.5. The Morgan fingerprint density at radius 1 is 1.00 bits per heavy atom. The van der Waals surface area contributed by atoms with Crippen LogP contribution in [0.4, 0.5) is 26.3 Å². The Labute approximate surface area is 105 Å². The van der Waals surface area contributed by atoms with Crippen LogP contribution in [-0.4, -0.2) is 40.7 Å². The van der Waals surface area contributed by atoms with E-state index >= 15 is 0 Å². The Hall–Kier alpha value is -0.200. The van der Waals surface area contributed by atoms with E-state index in [4.69, 9.17) is 4.55 Å². The third kappa shape index (κ3) is 11.3. The molecular formula is C5H7F6O6PS. The largest absolute Gasteiger partial charge is 0.412 e. The molecule has 0 fully saturated rings. The Kier molecular flexibility index (Phi) is 6.92. The summed E-state index contributed by atoms with van der Waals surface area (Å²) in [7, 11) is -4.98. The fraction of sp³-hybridized carbons (Fsp3) is 1.00. The zero-order valence-electron chi connectivity index (χ0n) is 8.73. The van der Waals surface area contributed by atoms with Gasteiger partial charge < -0.3 is 0 Å². The van der Waals surface area contributed by atoms with Crippen molar-refractivity contribution in [1.82, 2.24) is 0 Å². The zero-order chi connectivity index (χ0) is 15.3. The molecule has 0 aromatic heterocycles. The number of halogens is 6. The van der Waals surface area contributed by atoms with E-state index in [9.17, 15) is 35.1 Å². The molecule has 0 aliphatic carbocycles. The van der Waals surface area contributed by atoms with Gasteiger partial charge in [0.2, 0.25) is 0 Å². The van der Waals surface area contributed by atoms with Gasteiger partial charge in [0.25, 0.3) is 0 Å². The Balaban J connectivity index is 4.62. The summed E-state index contributed by atoms with van der Waals surface area (Å²) in [5, 5.41) is 0. The van der Waals surface area contributed by atoms with Gasteiger partial charge in [-0.25, -0.2) is 0 Å². The third-order valence-electron chi connectivity index (χ3n) is 1.16. The van der Waals surface area contributed by atoms with Crippen LogP contribution in [-0.2, 0) is 29.2 Å². The summed E-state index contributed by atoms with van der Waals surface area (Å²) in [5.74, 6) is 0. The van der Waals surface area contributed by atoms with E-state index in [1.54, 1.807) is 0 Å². The van der Waals surface area contributed by atoms with E-state index in [1.165, 1.54) is 0 Å². The van der Waals surface area contributed by atoms with Crippen molar-refractivity contribution in [3.05, 3.63) is 0 Å². The first-order chi connectivity index (χ1) is 8.33. The van der Waals surface area contributed by atoms with Crippen LogP contribution in [0.1, 0.15) is 0 Å². The Morgan fingerprint density at radius 3 is 1.63 bits per heavy atom. The lowest BCUT2D eigenvalue weighted by Crippen LogP contribution is -2.21. The summed E-state index contributed by atoms with van der Waals surface area (Å²) in [4.78, 5) is 0. The van der Waals surface area contributed by atoms with Gasteiger partial charge in [-0.15, -0.1) is 0 Å². The summed E-state index contributed by atoms with van der Waals surface area (Å²) < 4.78 is 111. The van der Waals surface area contributed by atoms with Gasteiger partial charge in [0.05, 0.1) is 0 Å². The van der Waals surface area contributed by atoms with E-state index in [1.807, 2.05) is 0 Å². The van der Waals surface area contributed by atoms with E-state index in [0.29, 0.717) is 0 Å². The SMILES string of the molecule is O=S(O)OCP(=O)(OCC(F)(F)F)OCC(F)(F)F. The van der Waals surface area contributed by atoms with Crippen molar-refractivity contribution in [3.63, 3.8) is 0 Å². The Morgan fingerprint density at radius 2 is 1.37 bits per heavy atom. The highest BCUT2D eigenvalue weighted by atomic mass is 32.2. The summed E-state index contributed by atoms with van der Waals surface area (Å²) in [6.45, 7) is -4.33. The van der Waals surface area contributed by atoms with Crippen molar-refractivity contribution >= 4 is 19.0 Å². The lowest BCUT2D eigenvalue weighted by molar-refractivity contribution is -0.165. The highest BCUT2D eigenvalue weighted by Gasteiger charge is 2.39. The van der Waals surface area contributed by atoms with Crippen LogP contribution in [0.25, 0.3) is 0 Å². The number of rotatable bonds is 7. The molecule has 0 bridgehead atoms. The monoisotopic (exact) mass is 340 g/mol. The highest BCUT2D eigenvalue weighted by molar-refractivity contribution is 7.74. The Bertz CT molecular complexity index is 333. The molecule has 0 heterocycles. The normalized spacial score (nSPS) is 15.5. The second-order valence-electron chi connectivity index (χ2n) is 2.85. The lowest BCUT2D eigenvalue weighted by atomic mass is 10.7. The van der Waals surface area contributed by atoms with Crippen molar-refractivity contribution < 1.29 is 52.9 Å². The first kappa shape index (κ1) is 18.8. The summed E-state index contributed by atoms with van der Waals surface area (Å²) in [6, 6.07) is 0. The van der Waals surface area contributed by atoms with Gasteiger partial charge in [0.15, 0.2) is 19.6 Å². The molecule has 19 heavy (non-hydrogen) atoms. The van der Waals surface area contributed by atoms with E-state index < -0.39 is 50.9 Å². The van der Waals surface area contributed by atoms with Crippen LogP contribution in [0.3, 0.4) is 0 Å². The first-order valence-electron chi connectivity index (χ1n) is 4.09. The molecule has 0 aliphatic rings. The molecular weight excluding hydrogens is 333 g/mol. The molecule has 14 heteroatoms. The molecule has 0 amide bonds. The van der Waals surface area contributed by atoms with Crippen LogP contribution in [0, 0.1) is 0 Å². The molecule has 116 valence electrons. The quantitative estimate of drug-likeness (QED) is 0.436. The smallest absolute Gasteiger partial charge is 0.297 e. The molecule has 1 unspecified atom stereocenters. The molecule has 0 radical (unpaired) electrons. The van der Waals surface area contributed by atoms with Crippen LogP contribution < -0.4 is 0 Å². The fourth-order valence-electron chi connectivity index (χ4n) is 0.565. The van der Waals surface area contributed by atoms with Crippen molar-refractivity contribution in [2.75, 3.05) is 19.6 Å². The van der Waals surface area contributed by atoms with Gasteiger partial charge in [-0.05, 0) is 0 Å². The maximum absolute atomic E-state index is 11.8. The maximum Gasteiger partial charge on any atom is 0.412 e. The molecule has 0 saturated heterocycles. The predicted octanol–water partition coefficient (Wildman–Crippen LogP) is 2.45. The summed E-state index contributed by atoms with van der Waals surface area (Å²) >= 11 is -3.06. The minimum atomic E-state index is -4.98. The average Bonchev–Trinajstić information content (AvgIpc) is 2.19. The van der Waals surface area contributed by atoms with Gasteiger partial charge >= 0.3 is 31.3 Å². The number of hydrogen-bond acceptors (Lipinski definition) is 5. The minimum Gasteiger partial charge on any atom is -0.297 e. The van der Waals surface area contributed by atoms with Gasteiger partial charge in [0.1, 0.15) is 0 Å². The molecule has 0 aliphatic heterocycles. The maximum atomic E-state index is 11.8. The van der Waals surface area contributed by atoms with Gasteiger partial charge in [-0.2, -0.15) is 30.6 Å². The second kappa shape index (κ2) is 6.99. The zero-order valence-corrected chi connectivity index (χ0v) is 10.4. The number of alkyl halides is 6. The third-order valence-corrected chi connectivity index (χ3v) is 3.15. The number of hydrogen-bond donors (Lipinski definition) is 1. The summed E-state index contributed by atoms with van der Waals surface area (Å²) in [5.41, 5.74) is 0. The predicted molar refractivity (Wildman–Crippen MR) is 48.3 cm³/mol. The highest BCUT2D eigenvalue weighted by Crippen LogP contribution is 2.50. The van der Waals surface area contributed by atoms with Gasteiger partial charge in [-0.1, -0.05) is 0 Å². The molecule has 1 atom stereocenters. The van der Waals surface area contributed by atoms with Crippen molar-refractivity contribution in [2.45, 2.75) is 12.4 Å². The molecule has 6 nitrogen and oxygen atoms in total. The first-order valence-corrected chi connectivity index (χ1v) is 6.85. The molecule has 0 spiro atoms. The molecule has 0 rings (SSSR count). The van der Waals surface area contributed by atoms with E-state index in [-0.39, 0.29) is 0 Å². The van der Waals surface area contributed by atoms with Crippen LogP contribution >= 0.6 is 7.60 Å². The standard InChI is InChI=1S/C5H7F6O6PS/c6-4(7,8)1-15-18(12,3-17-19(13)14)16-2-5(9,10)11/h1-3H2,(H,13,14). The van der Waals surface area contributed by atoms with E-state index in [2.05, 4.69) is 13.2 Å². The van der Waals surface area contributed by atoms with Crippen molar-refractivity contribution in [1.29, 1.82) is 0 Å². The fourth-order valence-corrected chi connectivity index (χ4v) is 2.35. The van der Waals surface area contributed by atoms with E-state index in [0.717, 1.165) is 0 Å².